The first-order valence-corrected chi connectivity index (χ1v) is 5.57. The molecule has 0 spiro atoms. The molecule has 1 heterocycles. The minimum absolute atomic E-state index is 0.0159. The van der Waals surface area contributed by atoms with E-state index in [0.717, 1.165) is 32.4 Å². The number of nitrogens with one attached hydrogen (secondary N) is 1. The Balaban J connectivity index is 2.13. The molecule has 82 valence electrons. The molecule has 0 aliphatic carbocycles. The molecule has 0 amide bonds. The maximum Gasteiger partial charge on any atom is 0.310 e. The van der Waals surface area contributed by atoms with Crippen LogP contribution in [-0.2, 0) is 9.53 Å². The molecule has 1 rings (SSSR count). The second-order valence-electron chi connectivity index (χ2n) is 4.39. The zero-order valence-electron chi connectivity index (χ0n) is 9.21. The summed E-state index contributed by atoms with van der Waals surface area (Å²) in [5.74, 6) is 0.682. The first kappa shape index (κ1) is 11.5. The Morgan fingerprint density at radius 3 is 2.93 bits per heavy atom. The van der Waals surface area contributed by atoms with Crippen molar-refractivity contribution in [2.75, 3.05) is 19.7 Å². The standard InChI is InChI=1S/C11H21NO2/c1-9(2)5-7-14-11(13)10-4-3-6-12-8-10/h9-10,12H,3-8H2,1-2H3/t10-/m0/s1. The smallest absolute Gasteiger partial charge is 0.310 e. The lowest BCUT2D eigenvalue weighted by atomic mass is 10.0. The number of carbonyl (C=O) groups excluding carboxylic acids is 1. The zero-order valence-corrected chi connectivity index (χ0v) is 9.21. The largest absolute Gasteiger partial charge is 0.465 e. The molecule has 1 saturated heterocycles. The number of carbonyl (C=O) groups is 1. The summed E-state index contributed by atoms with van der Waals surface area (Å²) in [7, 11) is 0. The van der Waals surface area contributed by atoms with E-state index in [-0.39, 0.29) is 11.9 Å². The van der Waals surface area contributed by atoms with E-state index >= 15 is 0 Å². The van der Waals surface area contributed by atoms with Crippen LogP contribution in [0.2, 0.25) is 0 Å². The Morgan fingerprint density at radius 2 is 2.36 bits per heavy atom. The third-order valence-corrected chi connectivity index (χ3v) is 2.57. The highest BCUT2D eigenvalue weighted by atomic mass is 16.5. The molecule has 3 heteroatoms. The average molecular weight is 199 g/mol. The molecule has 1 aliphatic rings. The van der Waals surface area contributed by atoms with Gasteiger partial charge in [-0.2, -0.15) is 0 Å². The van der Waals surface area contributed by atoms with Crippen LogP contribution in [0.1, 0.15) is 33.1 Å². The Bertz CT molecular complexity index is 174. The number of rotatable bonds is 4. The molecular formula is C11H21NO2. The van der Waals surface area contributed by atoms with Gasteiger partial charge in [-0.25, -0.2) is 0 Å². The van der Waals surface area contributed by atoms with Crippen molar-refractivity contribution in [1.29, 1.82) is 0 Å². The minimum Gasteiger partial charge on any atom is -0.465 e. The third kappa shape index (κ3) is 4.09. The fraction of sp³-hybridized carbons (Fsp3) is 0.909. The van der Waals surface area contributed by atoms with Gasteiger partial charge in [0.2, 0.25) is 0 Å². The summed E-state index contributed by atoms with van der Waals surface area (Å²) in [5, 5.41) is 3.21. The van der Waals surface area contributed by atoms with Gasteiger partial charge in [-0.3, -0.25) is 4.79 Å². The number of ether oxygens (including phenoxy) is 1. The van der Waals surface area contributed by atoms with E-state index < -0.39 is 0 Å². The van der Waals surface area contributed by atoms with Crippen LogP contribution in [0, 0.1) is 11.8 Å². The van der Waals surface area contributed by atoms with E-state index in [0.29, 0.717) is 12.5 Å². The highest BCUT2D eigenvalue weighted by molar-refractivity contribution is 5.72. The van der Waals surface area contributed by atoms with Crippen molar-refractivity contribution >= 4 is 5.97 Å². The molecule has 0 aromatic heterocycles. The zero-order chi connectivity index (χ0) is 10.4. The van der Waals surface area contributed by atoms with Gasteiger partial charge in [0.25, 0.3) is 0 Å². The topological polar surface area (TPSA) is 38.3 Å². The van der Waals surface area contributed by atoms with Crippen molar-refractivity contribution < 1.29 is 9.53 Å². The third-order valence-electron chi connectivity index (χ3n) is 2.57. The average Bonchev–Trinajstić information content (AvgIpc) is 2.18. The van der Waals surface area contributed by atoms with Crippen molar-refractivity contribution in [3.8, 4) is 0 Å². The van der Waals surface area contributed by atoms with E-state index in [1.807, 2.05) is 0 Å². The molecule has 3 nitrogen and oxygen atoms in total. The van der Waals surface area contributed by atoms with Crippen LogP contribution in [-0.4, -0.2) is 25.7 Å². The van der Waals surface area contributed by atoms with Crippen molar-refractivity contribution in [2.45, 2.75) is 33.1 Å². The van der Waals surface area contributed by atoms with Gasteiger partial charge in [-0.1, -0.05) is 13.8 Å². The van der Waals surface area contributed by atoms with Gasteiger partial charge >= 0.3 is 5.97 Å². The summed E-state index contributed by atoms with van der Waals surface area (Å²) >= 11 is 0. The van der Waals surface area contributed by atoms with Gasteiger partial charge in [0.05, 0.1) is 12.5 Å². The first-order valence-electron chi connectivity index (χ1n) is 5.57. The van der Waals surface area contributed by atoms with E-state index in [2.05, 4.69) is 19.2 Å². The van der Waals surface area contributed by atoms with Gasteiger partial charge in [0.1, 0.15) is 0 Å². The normalized spacial score (nSPS) is 22.4. The van der Waals surface area contributed by atoms with Crippen LogP contribution in [0.3, 0.4) is 0 Å². The second-order valence-corrected chi connectivity index (χ2v) is 4.39. The van der Waals surface area contributed by atoms with Crippen LogP contribution < -0.4 is 5.32 Å². The highest BCUT2D eigenvalue weighted by Gasteiger charge is 2.21. The van der Waals surface area contributed by atoms with Gasteiger partial charge in [0.15, 0.2) is 0 Å². The minimum atomic E-state index is -0.0159. The van der Waals surface area contributed by atoms with E-state index in [4.69, 9.17) is 4.74 Å². The summed E-state index contributed by atoms with van der Waals surface area (Å²) in [5.41, 5.74) is 0. The van der Waals surface area contributed by atoms with Crippen LogP contribution in [0.4, 0.5) is 0 Å². The molecule has 14 heavy (non-hydrogen) atoms. The lowest BCUT2D eigenvalue weighted by molar-refractivity contribution is -0.149. The number of hydrogen-bond donors (Lipinski definition) is 1. The molecule has 1 fully saturated rings. The summed E-state index contributed by atoms with van der Waals surface area (Å²) in [6.45, 7) is 6.68. The molecule has 0 saturated carbocycles. The molecule has 0 aromatic rings. The predicted octanol–water partition coefficient (Wildman–Crippen LogP) is 1.58. The number of hydrogen-bond acceptors (Lipinski definition) is 3. The summed E-state index contributed by atoms with van der Waals surface area (Å²) in [6, 6.07) is 0. The SMILES string of the molecule is CC(C)CCOC(=O)[C@H]1CCCNC1. The fourth-order valence-corrected chi connectivity index (χ4v) is 1.57. The molecule has 1 N–H and O–H groups in total. The van der Waals surface area contributed by atoms with Crippen molar-refractivity contribution in [2.24, 2.45) is 11.8 Å². The molecular weight excluding hydrogens is 178 g/mol. The van der Waals surface area contributed by atoms with Gasteiger partial charge in [0, 0.05) is 6.54 Å². The first-order chi connectivity index (χ1) is 6.70. The fourth-order valence-electron chi connectivity index (χ4n) is 1.57. The molecule has 1 atom stereocenters. The van der Waals surface area contributed by atoms with Crippen molar-refractivity contribution in [1.82, 2.24) is 5.32 Å². The predicted molar refractivity (Wildman–Crippen MR) is 56.0 cm³/mol. The monoisotopic (exact) mass is 199 g/mol. The molecule has 0 radical (unpaired) electrons. The molecule has 0 aromatic carbocycles. The molecule has 0 bridgehead atoms. The van der Waals surface area contributed by atoms with Crippen molar-refractivity contribution in [3.63, 3.8) is 0 Å². The molecule has 0 unspecified atom stereocenters. The Morgan fingerprint density at radius 1 is 1.57 bits per heavy atom. The Labute approximate surface area is 86.2 Å². The second kappa shape index (κ2) is 6.02. The van der Waals surface area contributed by atoms with E-state index in [1.54, 1.807) is 0 Å². The van der Waals surface area contributed by atoms with Crippen LogP contribution in [0.5, 0.6) is 0 Å². The summed E-state index contributed by atoms with van der Waals surface area (Å²) in [4.78, 5) is 11.5. The number of esters is 1. The quantitative estimate of drug-likeness (QED) is 0.698. The van der Waals surface area contributed by atoms with Crippen LogP contribution >= 0.6 is 0 Å². The van der Waals surface area contributed by atoms with Crippen LogP contribution in [0.15, 0.2) is 0 Å². The summed E-state index contributed by atoms with van der Waals surface area (Å²) in [6.07, 6.45) is 3.03. The lowest BCUT2D eigenvalue weighted by Gasteiger charge is -2.21. The van der Waals surface area contributed by atoms with E-state index in [1.165, 1.54) is 0 Å². The highest BCUT2D eigenvalue weighted by Crippen LogP contribution is 2.12. The Kier molecular flexibility index (Phi) is 4.94. The van der Waals surface area contributed by atoms with Crippen LogP contribution in [0.25, 0.3) is 0 Å². The lowest BCUT2D eigenvalue weighted by Crippen LogP contribution is -2.35. The van der Waals surface area contributed by atoms with Gasteiger partial charge in [-0.05, 0) is 31.7 Å². The van der Waals surface area contributed by atoms with E-state index in [9.17, 15) is 4.79 Å². The maximum atomic E-state index is 11.5. The number of piperidine rings is 1. The molecule has 1 aliphatic heterocycles. The Hall–Kier alpha value is -0.570. The van der Waals surface area contributed by atoms with Gasteiger partial charge in [-0.15, -0.1) is 0 Å². The summed E-state index contributed by atoms with van der Waals surface area (Å²) < 4.78 is 5.21. The van der Waals surface area contributed by atoms with Gasteiger partial charge < -0.3 is 10.1 Å². The maximum absolute atomic E-state index is 11.5. The van der Waals surface area contributed by atoms with Crippen molar-refractivity contribution in [3.05, 3.63) is 0 Å².